The first kappa shape index (κ1) is 10.7. The fourth-order valence-electron chi connectivity index (χ4n) is 1.61. The van der Waals surface area contributed by atoms with E-state index in [0.29, 0.717) is 11.8 Å². The van der Waals surface area contributed by atoms with Gasteiger partial charge in [0.05, 0.1) is 18.2 Å². The molecule has 82 valence electrons. The Morgan fingerprint density at radius 2 is 2.20 bits per heavy atom. The summed E-state index contributed by atoms with van der Waals surface area (Å²) in [4.78, 5) is 0. The number of hydrogen-bond donors (Lipinski definition) is 0. The first-order valence-electron chi connectivity index (χ1n) is 5.40. The molecule has 1 fully saturated rings. The molecule has 0 aromatic carbocycles. The van der Waals surface area contributed by atoms with E-state index in [0.717, 1.165) is 24.6 Å². The standard InChI is InChI=1S/C11H15ClN2O/c12-8-10-4-5-11(14-13-10)15-7-6-9-2-1-3-9/h4-5,9H,1-3,6-8H2. The number of ether oxygens (including phenoxy) is 1. The van der Waals surface area contributed by atoms with Crippen LogP contribution in [0.4, 0.5) is 0 Å². The van der Waals surface area contributed by atoms with Gasteiger partial charge in [0.15, 0.2) is 0 Å². The Kier molecular flexibility index (Phi) is 3.78. The zero-order valence-corrected chi connectivity index (χ0v) is 9.41. The van der Waals surface area contributed by atoms with Gasteiger partial charge < -0.3 is 4.74 Å². The molecule has 0 atom stereocenters. The molecule has 15 heavy (non-hydrogen) atoms. The quantitative estimate of drug-likeness (QED) is 0.725. The number of halogens is 1. The van der Waals surface area contributed by atoms with Gasteiger partial charge in [-0.25, -0.2) is 0 Å². The van der Waals surface area contributed by atoms with E-state index in [9.17, 15) is 0 Å². The van der Waals surface area contributed by atoms with Crippen molar-refractivity contribution < 1.29 is 4.74 Å². The van der Waals surface area contributed by atoms with Crippen molar-refractivity contribution in [2.24, 2.45) is 5.92 Å². The minimum Gasteiger partial charge on any atom is -0.477 e. The largest absolute Gasteiger partial charge is 0.477 e. The first-order chi connectivity index (χ1) is 7.38. The first-order valence-corrected chi connectivity index (χ1v) is 5.93. The van der Waals surface area contributed by atoms with Gasteiger partial charge in [0.1, 0.15) is 0 Å². The van der Waals surface area contributed by atoms with Crippen LogP contribution in [-0.4, -0.2) is 16.8 Å². The van der Waals surface area contributed by atoms with Crippen molar-refractivity contribution in [1.29, 1.82) is 0 Å². The minimum atomic E-state index is 0.398. The van der Waals surface area contributed by atoms with Crippen LogP contribution >= 0.6 is 11.6 Å². The van der Waals surface area contributed by atoms with Crippen molar-refractivity contribution in [1.82, 2.24) is 10.2 Å². The highest BCUT2D eigenvalue weighted by atomic mass is 35.5. The molecule has 0 radical (unpaired) electrons. The summed E-state index contributed by atoms with van der Waals surface area (Å²) in [6.07, 6.45) is 5.24. The zero-order chi connectivity index (χ0) is 10.5. The van der Waals surface area contributed by atoms with Gasteiger partial charge in [-0.15, -0.1) is 16.7 Å². The van der Waals surface area contributed by atoms with Crippen LogP contribution in [0.2, 0.25) is 0 Å². The van der Waals surface area contributed by atoms with E-state index >= 15 is 0 Å². The van der Waals surface area contributed by atoms with E-state index in [4.69, 9.17) is 16.3 Å². The number of aromatic nitrogens is 2. The normalized spacial score (nSPS) is 16.1. The third-order valence-corrected chi connectivity index (χ3v) is 3.11. The number of alkyl halides is 1. The third-order valence-electron chi connectivity index (χ3n) is 2.83. The van der Waals surface area contributed by atoms with E-state index < -0.39 is 0 Å². The maximum absolute atomic E-state index is 5.61. The van der Waals surface area contributed by atoms with Crippen molar-refractivity contribution in [3.63, 3.8) is 0 Å². The van der Waals surface area contributed by atoms with E-state index in [-0.39, 0.29) is 0 Å². The summed E-state index contributed by atoms with van der Waals surface area (Å²) >= 11 is 5.61. The maximum Gasteiger partial charge on any atom is 0.233 e. The van der Waals surface area contributed by atoms with Gasteiger partial charge in [-0.05, 0) is 18.4 Å². The molecule has 0 saturated heterocycles. The minimum absolute atomic E-state index is 0.398. The molecule has 0 unspecified atom stereocenters. The lowest BCUT2D eigenvalue weighted by Gasteiger charge is -2.24. The summed E-state index contributed by atoms with van der Waals surface area (Å²) in [6.45, 7) is 0.750. The molecule has 0 aliphatic heterocycles. The summed E-state index contributed by atoms with van der Waals surface area (Å²) in [6, 6.07) is 3.67. The fraction of sp³-hybridized carbons (Fsp3) is 0.636. The number of nitrogens with zero attached hydrogens (tertiary/aromatic N) is 2. The molecule has 0 spiro atoms. The highest BCUT2D eigenvalue weighted by Crippen LogP contribution is 2.29. The second kappa shape index (κ2) is 5.31. The fourth-order valence-corrected chi connectivity index (χ4v) is 1.75. The van der Waals surface area contributed by atoms with Gasteiger partial charge >= 0.3 is 0 Å². The van der Waals surface area contributed by atoms with Gasteiger partial charge in [0.25, 0.3) is 0 Å². The monoisotopic (exact) mass is 226 g/mol. The Labute approximate surface area is 94.8 Å². The van der Waals surface area contributed by atoms with Crippen LogP contribution in [0.15, 0.2) is 12.1 Å². The molecule has 2 rings (SSSR count). The molecular formula is C11H15ClN2O. The Morgan fingerprint density at radius 1 is 1.33 bits per heavy atom. The van der Waals surface area contributed by atoms with Crippen molar-refractivity contribution in [2.75, 3.05) is 6.61 Å². The molecule has 0 N–H and O–H groups in total. The lowest BCUT2D eigenvalue weighted by Crippen LogP contribution is -2.14. The second-order valence-corrected chi connectivity index (χ2v) is 4.20. The summed E-state index contributed by atoms with van der Waals surface area (Å²) in [5.74, 6) is 1.87. The Morgan fingerprint density at radius 3 is 2.73 bits per heavy atom. The van der Waals surface area contributed by atoms with Crippen LogP contribution in [0.3, 0.4) is 0 Å². The van der Waals surface area contributed by atoms with Crippen molar-refractivity contribution in [2.45, 2.75) is 31.6 Å². The van der Waals surface area contributed by atoms with E-state index in [1.165, 1.54) is 19.3 Å². The average molecular weight is 227 g/mol. The van der Waals surface area contributed by atoms with Crippen LogP contribution in [0.25, 0.3) is 0 Å². The molecule has 1 aromatic rings. The van der Waals surface area contributed by atoms with E-state index in [2.05, 4.69) is 10.2 Å². The molecule has 4 heteroatoms. The van der Waals surface area contributed by atoms with Gasteiger partial charge in [-0.2, -0.15) is 5.10 Å². The summed E-state index contributed by atoms with van der Waals surface area (Å²) < 4.78 is 5.50. The smallest absolute Gasteiger partial charge is 0.233 e. The Balaban J connectivity index is 1.72. The second-order valence-electron chi connectivity index (χ2n) is 3.93. The lowest BCUT2D eigenvalue weighted by atomic mass is 9.83. The highest BCUT2D eigenvalue weighted by molar-refractivity contribution is 6.16. The molecule has 1 aliphatic carbocycles. The van der Waals surface area contributed by atoms with Gasteiger partial charge in [0.2, 0.25) is 5.88 Å². The zero-order valence-electron chi connectivity index (χ0n) is 8.66. The van der Waals surface area contributed by atoms with Crippen molar-refractivity contribution >= 4 is 11.6 Å². The lowest BCUT2D eigenvalue weighted by molar-refractivity contribution is 0.216. The molecule has 1 heterocycles. The summed E-state index contributed by atoms with van der Waals surface area (Å²) in [5.41, 5.74) is 0.781. The predicted octanol–water partition coefficient (Wildman–Crippen LogP) is 2.78. The highest BCUT2D eigenvalue weighted by Gasteiger charge is 2.16. The molecule has 3 nitrogen and oxygen atoms in total. The number of rotatable bonds is 5. The van der Waals surface area contributed by atoms with Crippen LogP contribution in [0, 0.1) is 5.92 Å². The van der Waals surface area contributed by atoms with Gasteiger partial charge in [-0.1, -0.05) is 19.3 Å². The summed E-state index contributed by atoms with van der Waals surface area (Å²) in [7, 11) is 0. The van der Waals surface area contributed by atoms with Gasteiger partial charge in [-0.3, -0.25) is 0 Å². The molecule has 1 saturated carbocycles. The maximum atomic E-state index is 5.61. The topological polar surface area (TPSA) is 35.0 Å². The average Bonchev–Trinajstić information content (AvgIpc) is 2.23. The molecule has 0 bridgehead atoms. The van der Waals surface area contributed by atoms with E-state index in [1.54, 1.807) is 0 Å². The molecule has 0 amide bonds. The Bertz CT molecular complexity index is 298. The van der Waals surface area contributed by atoms with Crippen LogP contribution in [0.1, 0.15) is 31.4 Å². The molecular weight excluding hydrogens is 212 g/mol. The van der Waals surface area contributed by atoms with Crippen LogP contribution < -0.4 is 4.74 Å². The van der Waals surface area contributed by atoms with Crippen molar-refractivity contribution in [3.05, 3.63) is 17.8 Å². The van der Waals surface area contributed by atoms with Gasteiger partial charge in [0, 0.05) is 6.07 Å². The predicted molar refractivity (Wildman–Crippen MR) is 59.0 cm³/mol. The van der Waals surface area contributed by atoms with Crippen LogP contribution in [-0.2, 0) is 5.88 Å². The number of hydrogen-bond acceptors (Lipinski definition) is 3. The summed E-state index contributed by atoms with van der Waals surface area (Å²) in [5, 5.41) is 7.86. The SMILES string of the molecule is ClCc1ccc(OCCC2CCC2)nn1. The molecule has 1 aromatic heterocycles. The Hall–Kier alpha value is -0.830. The third kappa shape index (κ3) is 3.06. The van der Waals surface area contributed by atoms with Crippen LogP contribution in [0.5, 0.6) is 5.88 Å². The van der Waals surface area contributed by atoms with E-state index in [1.807, 2.05) is 12.1 Å². The molecule has 1 aliphatic rings. The van der Waals surface area contributed by atoms with Crippen molar-refractivity contribution in [3.8, 4) is 5.88 Å².